The lowest BCUT2D eigenvalue weighted by Crippen LogP contribution is -2.44. The molecule has 2 aromatic carbocycles. The van der Waals surface area contributed by atoms with E-state index in [9.17, 15) is 23.3 Å². The Bertz CT molecular complexity index is 2010. The number of piperidine rings is 1. The third kappa shape index (κ3) is 8.79. The lowest BCUT2D eigenvalue weighted by molar-refractivity contribution is 0.0695. The van der Waals surface area contributed by atoms with Crippen molar-refractivity contribution in [1.82, 2.24) is 24.8 Å². The van der Waals surface area contributed by atoms with Crippen LogP contribution in [0.5, 0.6) is 5.88 Å². The highest BCUT2D eigenvalue weighted by molar-refractivity contribution is 7.91. The maximum Gasteiger partial charge on any atom is 0.289 e. The molecule has 0 radical (unpaired) electrons. The molecule has 3 N–H and O–H groups in total. The van der Waals surface area contributed by atoms with E-state index in [2.05, 4.69) is 15.3 Å². The molecule has 1 aliphatic rings. The minimum absolute atomic E-state index is 0.00265. The third-order valence-electron chi connectivity index (χ3n) is 8.60. The van der Waals surface area contributed by atoms with E-state index in [0.717, 1.165) is 5.69 Å². The Labute approximate surface area is 284 Å². The summed E-state index contributed by atoms with van der Waals surface area (Å²) < 4.78 is 42.0. The van der Waals surface area contributed by atoms with Gasteiger partial charge in [-0.25, -0.2) is 14.4 Å². The summed E-state index contributed by atoms with van der Waals surface area (Å²) in [5.74, 6) is -0.600. The van der Waals surface area contributed by atoms with E-state index in [-0.39, 0.29) is 54.6 Å². The molecular weight excluding hydrogens is 649 g/mol. The lowest BCUT2D eigenvalue weighted by atomic mass is 9.93. The number of carbonyl (C=O) groups excluding carboxylic acids is 2. The molecule has 12 nitrogen and oxygen atoms in total. The zero-order valence-corrected chi connectivity index (χ0v) is 28.6. The zero-order chi connectivity index (χ0) is 35.3. The van der Waals surface area contributed by atoms with E-state index in [1.807, 2.05) is 32.0 Å². The van der Waals surface area contributed by atoms with E-state index >= 15 is 0 Å². The highest BCUT2D eigenvalue weighted by Gasteiger charge is 2.29. The van der Waals surface area contributed by atoms with Crippen molar-refractivity contribution in [2.24, 2.45) is 0 Å². The van der Waals surface area contributed by atoms with Gasteiger partial charge in [0.2, 0.25) is 5.88 Å². The number of benzene rings is 2. The summed E-state index contributed by atoms with van der Waals surface area (Å²) in [5.41, 5.74) is 2.09. The fourth-order valence-electron chi connectivity index (χ4n) is 5.78. The predicted octanol–water partition coefficient (Wildman–Crippen LogP) is 4.61. The standard InChI is InChI=1S/C35H40FN7O5S/c1-35(2,13-17-44)41-33(45)25-9-10-29-30(20-25)43(16-18-49(3,38)47)32(40-29)34(46)42-14-11-24(12-15-42)28-5-4-6-31(39-28)48-22-26-8-7-23(21-37)19-27(26)36/h4-10,19-20,24,38,44H,11-18,22H2,1-3H3,(H,41,45). The van der Waals surface area contributed by atoms with E-state index in [4.69, 9.17) is 14.8 Å². The fourth-order valence-corrected chi connectivity index (χ4v) is 6.32. The Morgan fingerprint density at radius 1 is 1.16 bits per heavy atom. The number of likely N-dealkylation sites (tertiary alicyclic amines) is 1. The molecule has 2 amide bonds. The van der Waals surface area contributed by atoms with Crippen LogP contribution in [-0.4, -0.2) is 77.8 Å². The van der Waals surface area contributed by atoms with Crippen molar-refractivity contribution in [3.63, 3.8) is 0 Å². The number of aryl methyl sites for hydroxylation is 1. The Morgan fingerprint density at radius 3 is 2.59 bits per heavy atom. The molecule has 258 valence electrons. The average Bonchev–Trinajstić information content (AvgIpc) is 3.44. The Hall–Kier alpha value is -4.87. The first-order valence-electron chi connectivity index (χ1n) is 16.0. The summed E-state index contributed by atoms with van der Waals surface area (Å²) >= 11 is 0. The number of halogens is 1. The van der Waals surface area contributed by atoms with Crippen molar-refractivity contribution in [1.29, 1.82) is 10.0 Å². The Balaban J connectivity index is 1.30. The van der Waals surface area contributed by atoms with Crippen molar-refractivity contribution in [3.05, 3.63) is 88.6 Å². The fraction of sp³-hybridized carbons (Fsp3) is 0.400. The number of imidazole rings is 1. The lowest BCUT2D eigenvalue weighted by Gasteiger charge is -2.31. The molecule has 1 atom stereocenters. The van der Waals surface area contributed by atoms with Gasteiger partial charge < -0.3 is 24.6 Å². The van der Waals surface area contributed by atoms with Gasteiger partial charge in [-0.1, -0.05) is 12.1 Å². The average molecular weight is 690 g/mol. The SMILES string of the molecule is CC(C)(CCO)NC(=O)c1ccc2nc(C(=O)N3CCC(c4cccc(OCc5ccc(C#N)cc5F)n4)CC3)n(CCS(C)(=N)=O)c2c1. The summed E-state index contributed by atoms with van der Waals surface area (Å²) in [7, 11) is -2.88. The summed E-state index contributed by atoms with van der Waals surface area (Å²) in [6.07, 6.45) is 2.99. The third-order valence-corrected chi connectivity index (χ3v) is 9.56. The molecule has 0 aliphatic carbocycles. The van der Waals surface area contributed by atoms with Gasteiger partial charge in [0.25, 0.3) is 11.8 Å². The van der Waals surface area contributed by atoms with Gasteiger partial charge in [-0.3, -0.25) is 18.6 Å². The van der Waals surface area contributed by atoms with Crippen LogP contribution in [0, 0.1) is 21.9 Å². The molecule has 2 aromatic heterocycles. The van der Waals surface area contributed by atoms with Crippen molar-refractivity contribution < 1.29 is 28.0 Å². The topological polar surface area (TPSA) is 174 Å². The number of nitrogens with one attached hydrogen (secondary N) is 2. The van der Waals surface area contributed by atoms with Crippen LogP contribution in [0.3, 0.4) is 0 Å². The number of nitriles is 1. The maximum absolute atomic E-state index is 14.3. The highest BCUT2D eigenvalue weighted by Crippen LogP contribution is 2.30. The van der Waals surface area contributed by atoms with E-state index in [1.54, 1.807) is 33.7 Å². The first-order valence-corrected chi connectivity index (χ1v) is 18.1. The molecule has 3 heterocycles. The number of ether oxygens (including phenoxy) is 1. The molecule has 0 spiro atoms. The van der Waals surface area contributed by atoms with Crippen molar-refractivity contribution in [2.45, 2.75) is 57.7 Å². The van der Waals surface area contributed by atoms with Crippen LogP contribution >= 0.6 is 0 Å². The van der Waals surface area contributed by atoms with Gasteiger partial charge in [0.15, 0.2) is 5.82 Å². The number of amides is 2. The molecule has 1 aliphatic heterocycles. The van der Waals surface area contributed by atoms with Crippen LogP contribution in [0.25, 0.3) is 11.0 Å². The Morgan fingerprint density at radius 2 is 1.92 bits per heavy atom. The maximum atomic E-state index is 14.3. The zero-order valence-electron chi connectivity index (χ0n) is 27.7. The molecule has 14 heteroatoms. The highest BCUT2D eigenvalue weighted by atomic mass is 32.2. The number of aromatic nitrogens is 3. The van der Waals surface area contributed by atoms with Gasteiger partial charge >= 0.3 is 0 Å². The number of aliphatic hydroxyl groups excluding tert-OH is 1. The second kappa shape index (κ2) is 14.7. The normalized spacial score (nSPS) is 15.1. The molecular formula is C35H40FN7O5S. The van der Waals surface area contributed by atoms with Crippen LogP contribution in [0.2, 0.25) is 0 Å². The molecule has 0 saturated carbocycles. The summed E-state index contributed by atoms with van der Waals surface area (Å²) in [5, 5.41) is 21.2. The summed E-state index contributed by atoms with van der Waals surface area (Å²) in [6.45, 7) is 4.50. The van der Waals surface area contributed by atoms with Gasteiger partial charge in [-0.2, -0.15) is 5.26 Å². The molecule has 1 fully saturated rings. The largest absolute Gasteiger partial charge is 0.473 e. The number of carbonyl (C=O) groups is 2. The van der Waals surface area contributed by atoms with Crippen LogP contribution in [0.15, 0.2) is 54.6 Å². The van der Waals surface area contributed by atoms with Crippen LogP contribution < -0.4 is 10.1 Å². The monoisotopic (exact) mass is 689 g/mol. The number of pyridine rings is 1. The van der Waals surface area contributed by atoms with E-state index in [1.165, 1.54) is 24.5 Å². The number of hydrogen-bond acceptors (Lipinski definition) is 9. The smallest absolute Gasteiger partial charge is 0.289 e. The van der Waals surface area contributed by atoms with Crippen molar-refractivity contribution in [3.8, 4) is 11.9 Å². The van der Waals surface area contributed by atoms with Gasteiger partial charge in [-0.05, 0) is 69.5 Å². The predicted molar refractivity (Wildman–Crippen MR) is 182 cm³/mol. The van der Waals surface area contributed by atoms with Gasteiger partial charge in [0, 0.05) is 82.3 Å². The van der Waals surface area contributed by atoms with Crippen LogP contribution in [0.4, 0.5) is 4.39 Å². The molecule has 4 aromatic rings. The Kier molecular flexibility index (Phi) is 10.6. The van der Waals surface area contributed by atoms with Crippen LogP contribution in [0.1, 0.15) is 76.8 Å². The first kappa shape index (κ1) is 35.4. The summed E-state index contributed by atoms with van der Waals surface area (Å²) in [4.78, 5) is 38.0. The number of rotatable bonds is 12. The van der Waals surface area contributed by atoms with Gasteiger partial charge in [0.05, 0.1) is 22.7 Å². The second-order valence-electron chi connectivity index (χ2n) is 13.0. The van der Waals surface area contributed by atoms with Gasteiger partial charge in [0.1, 0.15) is 12.4 Å². The molecule has 1 unspecified atom stereocenters. The quantitative estimate of drug-likeness (QED) is 0.193. The van der Waals surface area contributed by atoms with Crippen molar-refractivity contribution in [2.75, 3.05) is 31.7 Å². The molecule has 0 bridgehead atoms. The number of nitrogens with zero attached hydrogens (tertiary/aromatic N) is 5. The molecule has 49 heavy (non-hydrogen) atoms. The van der Waals surface area contributed by atoms with Gasteiger partial charge in [-0.15, -0.1) is 0 Å². The minimum Gasteiger partial charge on any atom is -0.473 e. The van der Waals surface area contributed by atoms with E-state index < -0.39 is 21.1 Å². The van der Waals surface area contributed by atoms with Crippen molar-refractivity contribution >= 4 is 32.6 Å². The molecule has 1 saturated heterocycles. The van der Waals surface area contributed by atoms with E-state index in [0.29, 0.717) is 60.4 Å². The summed E-state index contributed by atoms with van der Waals surface area (Å²) in [6, 6.07) is 16.5. The second-order valence-corrected chi connectivity index (χ2v) is 15.4. The minimum atomic E-state index is -2.88. The number of hydrogen-bond donors (Lipinski definition) is 3. The molecule has 5 rings (SSSR count). The number of fused-ring (bicyclic) bond motifs is 1. The first-order chi connectivity index (χ1) is 23.3. The number of aliphatic hydroxyl groups is 1. The van der Waals surface area contributed by atoms with Crippen LogP contribution in [-0.2, 0) is 22.9 Å².